The Bertz CT molecular complexity index is 673. The largest absolute Gasteiger partial charge is 0.465 e. The fraction of sp³-hybridized carbons (Fsp3) is 0.188. The minimum absolute atomic E-state index is 0.271. The fourth-order valence-electron chi connectivity index (χ4n) is 2.03. The maximum absolute atomic E-state index is 13.7. The van der Waals surface area contributed by atoms with E-state index in [-0.39, 0.29) is 11.8 Å². The van der Waals surface area contributed by atoms with Gasteiger partial charge in [-0.25, -0.2) is 9.18 Å². The molecule has 0 saturated heterocycles. The van der Waals surface area contributed by atoms with Crippen molar-refractivity contribution in [2.45, 2.75) is 13.5 Å². The van der Waals surface area contributed by atoms with Gasteiger partial charge in [0, 0.05) is 22.3 Å². The number of ether oxygens (including phenoxy) is 1. The highest BCUT2D eigenvalue weighted by Gasteiger charge is 2.12. The maximum atomic E-state index is 13.7. The summed E-state index contributed by atoms with van der Waals surface area (Å²) >= 11 is 3.32. The van der Waals surface area contributed by atoms with Crippen LogP contribution in [0.2, 0.25) is 0 Å². The molecule has 1 N–H and O–H groups in total. The van der Waals surface area contributed by atoms with Crippen LogP contribution in [0.25, 0.3) is 0 Å². The number of benzene rings is 2. The predicted molar refractivity (Wildman–Crippen MR) is 83.9 cm³/mol. The molecule has 2 aromatic rings. The number of carbonyl (C=O) groups is 1. The smallest absolute Gasteiger partial charge is 0.338 e. The first-order valence-corrected chi connectivity index (χ1v) is 7.18. The SMILES string of the molecule is COC(=O)c1cccc(NCc2cc(Br)ccc2F)c1C. The molecular weight excluding hydrogens is 337 g/mol. The van der Waals surface area contributed by atoms with Crippen LogP contribution in [-0.4, -0.2) is 13.1 Å². The van der Waals surface area contributed by atoms with Gasteiger partial charge in [-0.15, -0.1) is 0 Å². The number of hydrogen-bond acceptors (Lipinski definition) is 3. The summed E-state index contributed by atoms with van der Waals surface area (Å²) in [6, 6.07) is 10.1. The van der Waals surface area contributed by atoms with Crippen LogP contribution < -0.4 is 5.32 Å². The summed E-state index contributed by atoms with van der Waals surface area (Å²) in [4.78, 5) is 11.6. The van der Waals surface area contributed by atoms with Crippen LogP contribution in [0.3, 0.4) is 0 Å². The van der Waals surface area contributed by atoms with Crippen LogP contribution in [0.5, 0.6) is 0 Å². The van der Waals surface area contributed by atoms with E-state index in [1.807, 2.05) is 13.0 Å². The molecular formula is C16H15BrFNO2. The monoisotopic (exact) mass is 351 g/mol. The molecule has 0 spiro atoms. The molecule has 0 amide bonds. The Morgan fingerprint density at radius 2 is 2.10 bits per heavy atom. The average Bonchev–Trinajstić information content (AvgIpc) is 2.48. The topological polar surface area (TPSA) is 38.3 Å². The fourth-order valence-corrected chi connectivity index (χ4v) is 2.44. The van der Waals surface area contributed by atoms with Crippen LogP contribution in [0, 0.1) is 12.7 Å². The van der Waals surface area contributed by atoms with Gasteiger partial charge in [0.2, 0.25) is 0 Å². The highest BCUT2D eigenvalue weighted by atomic mass is 79.9. The van der Waals surface area contributed by atoms with Crippen molar-refractivity contribution < 1.29 is 13.9 Å². The molecule has 0 aromatic heterocycles. The number of carbonyl (C=O) groups excluding carboxylic acids is 1. The van der Waals surface area contributed by atoms with Crippen LogP contribution in [0.15, 0.2) is 40.9 Å². The number of hydrogen-bond donors (Lipinski definition) is 1. The highest BCUT2D eigenvalue weighted by molar-refractivity contribution is 9.10. The Balaban J connectivity index is 2.21. The third kappa shape index (κ3) is 3.61. The Morgan fingerprint density at radius 3 is 2.81 bits per heavy atom. The summed E-state index contributed by atoms with van der Waals surface area (Å²) in [5.74, 6) is -0.655. The average molecular weight is 352 g/mol. The van der Waals surface area contributed by atoms with Crippen molar-refractivity contribution >= 4 is 27.6 Å². The quantitative estimate of drug-likeness (QED) is 0.834. The number of nitrogens with one attached hydrogen (secondary N) is 1. The lowest BCUT2D eigenvalue weighted by molar-refractivity contribution is 0.0600. The van der Waals surface area contributed by atoms with Crippen LogP contribution >= 0.6 is 15.9 Å². The molecule has 0 aliphatic heterocycles. The maximum Gasteiger partial charge on any atom is 0.338 e. The van der Waals surface area contributed by atoms with Gasteiger partial charge in [-0.05, 0) is 42.8 Å². The van der Waals surface area contributed by atoms with Gasteiger partial charge < -0.3 is 10.1 Å². The number of halogens is 2. The van der Waals surface area contributed by atoms with Gasteiger partial charge in [-0.1, -0.05) is 22.0 Å². The van der Waals surface area contributed by atoms with Gasteiger partial charge in [-0.2, -0.15) is 0 Å². The summed E-state index contributed by atoms with van der Waals surface area (Å²) < 4.78 is 19.3. The lowest BCUT2D eigenvalue weighted by Crippen LogP contribution is -2.08. The van der Waals surface area contributed by atoms with Gasteiger partial charge in [0.25, 0.3) is 0 Å². The predicted octanol–water partition coefficient (Wildman–Crippen LogP) is 4.30. The highest BCUT2D eigenvalue weighted by Crippen LogP contribution is 2.22. The second-order valence-electron chi connectivity index (χ2n) is 4.56. The second-order valence-corrected chi connectivity index (χ2v) is 5.47. The number of esters is 1. The Morgan fingerprint density at radius 1 is 1.33 bits per heavy atom. The van der Waals surface area contributed by atoms with Crippen LogP contribution in [0.1, 0.15) is 21.5 Å². The van der Waals surface area contributed by atoms with Gasteiger partial charge in [0.1, 0.15) is 5.82 Å². The first-order valence-electron chi connectivity index (χ1n) is 6.38. The summed E-state index contributed by atoms with van der Waals surface area (Å²) in [5, 5.41) is 3.15. The van der Waals surface area contributed by atoms with Crippen molar-refractivity contribution in [3.05, 3.63) is 63.4 Å². The number of rotatable bonds is 4. The van der Waals surface area contributed by atoms with Crippen molar-refractivity contribution in [3.8, 4) is 0 Å². The van der Waals surface area contributed by atoms with Gasteiger partial charge in [0.15, 0.2) is 0 Å². The zero-order chi connectivity index (χ0) is 15.4. The van der Waals surface area contributed by atoms with E-state index in [1.165, 1.54) is 13.2 Å². The minimum Gasteiger partial charge on any atom is -0.465 e. The Kier molecular flexibility index (Phi) is 4.96. The van der Waals surface area contributed by atoms with Crippen molar-refractivity contribution in [2.24, 2.45) is 0 Å². The van der Waals surface area contributed by atoms with E-state index in [4.69, 9.17) is 4.74 Å². The molecule has 0 bridgehead atoms. The van der Waals surface area contributed by atoms with Gasteiger partial charge >= 0.3 is 5.97 Å². The Labute approximate surface area is 131 Å². The molecule has 5 heteroatoms. The van der Waals surface area contributed by atoms with Crippen LogP contribution in [-0.2, 0) is 11.3 Å². The van der Waals surface area contributed by atoms with E-state index in [0.717, 1.165) is 15.7 Å². The van der Waals surface area contributed by atoms with Gasteiger partial charge in [-0.3, -0.25) is 0 Å². The third-order valence-corrected chi connectivity index (χ3v) is 3.71. The van der Waals surface area contributed by atoms with E-state index in [2.05, 4.69) is 21.2 Å². The summed E-state index contributed by atoms with van der Waals surface area (Å²) in [5.41, 5.74) is 2.60. The molecule has 0 aliphatic rings. The zero-order valence-electron chi connectivity index (χ0n) is 11.7. The first-order chi connectivity index (χ1) is 10.0. The molecule has 0 atom stereocenters. The van der Waals surface area contributed by atoms with Crippen molar-refractivity contribution in [2.75, 3.05) is 12.4 Å². The van der Waals surface area contributed by atoms with E-state index in [0.29, 0.717) is 17.7 Å². The van der Waals surface area contributed by atoms with Crippen LogP contribution in [0.4, 0.5) is 10.1 Å². The minimum atomic E-state index is -0.384. The van der Waals surface area contributed by atoms with Crippen molar-refractivity contribution in [1.82, 2.24) is 0 Å². The lowest BCUT2D eigenvalue weighted by atomic mass is 10.1. The molecule has 21 heavy (non-hydrogen) atoms. The number of anilines is 1. The molecule has 0 aliphatic carbocycles. The molecule has 3 nitrogen and oxygen atoms in total. The molecule has 2 aromatic carbocycles. The third-order valence-electron chi connectivity index (χ3n) is 3.22. The Hall–Kier alpha value is -1.88. The van der Waals surface area contributed by atoms with Gasteiger partial charge in [0.05, 0.1) is 12.7 Å². The molecule has 0 fully saturated rings. The van der Waals surface area contributed by atoms with Crippen molar-refractivity contribution in [1.29, 1.82) is 0 Å². The summed E-state index contributed by atoms with van der Waals surface area (Å²) in [7, 11) is 1.35. The summed E-state index contributed by atoms with van der Waals surface area (Å²) in [6.45, 7) is 2.16. The first kappa shape index (κ1) is 15.5. The lowest BCUT2D eigenvalue weighted by Gasteiger charge is -2.13. The number of methoxy groups -OCH3 is 1. The zero-order valence-corrected chi connectivity index (χ0v) is 13.3. The normalized spacial score (nSPS) is 10.3. The van der Waals surface area contributed by atoms with E-state index in [9.17, 15) is 9.18 Å². The molecule has 0 saturated carbocycles. The molecule has 0 unspecified atom stereocenters. The van der Waals surface area contributed by atoms with Crippen molar-refractivity contribution in [3.63, 3.8) is 0 Å². The summed E-state index contributed by atoms with van der Waals surface area (Å²) in [6.07, 6.45) is 0. The molecule has 0 radical (unpaired) electrons. The van der Waals surface area contributed by atoms with E-state index < -0.39 is 0 Å². The second kappa shape index (κ2) is 6.72. The standard InChI is InChI=1S/C16H15BrFNO2/c1-10-13(16(20)21-2)4-3-5-15(10)19-9-11-8-12(17)6-7-14(11)18/h3-8,19H,9H2,1-2H3. The molecule has 2 rings (SSSR count). The van der Waals surface area contributed by atoms with E-state index >= 15 is 0 Å². The molecule has 0 heterocycles. The van der Waals surface area contributed by atoms with E-state index in [1.54, 1.807) is 24.3 Å². The molecule has 110 valence electrons.